The largest absolute Gasteiger partial charge is 0.493 e. The van der Waals surface area contributed by atoms with E-state index in [1.165, 1.54) is 19.1 Å². The maximum atomic E-state index is 14.3. The number of methoxy groups -OCH3 is 1. The Morgan fingerprint density at radius 3 is 2.41 bits per heavy atom. The van der Waals surface area contributed by atoms with Gasteiger partial charge < -0.3 is 14.5 Å². The predicted molar refractivity (Wildman–Crippen MR) is 94.9 cm³/mol. The molecule has 4 atom stereocenters. The van der Waals surface area contributed by atoms with Crippen LogP contribution in [0.15, 0.2) is 29.1 Å². The molecule has 0 aliphatic carbocycles. The van der Waals surface area contributed by atoms with Crippen LogP contribution in [-0.4, -0.2) is 23.9 Å². The third-order valence-corrected chi connectivity index (χ3v) is 5.62. The van der Waals surface area contributed by atoms with Gasteiger partial charge in [0.05, 0.1) is 7.11 Å². The Morgan fingerprint density at radius 2 is 1.86 bits per heavy atom. The molecule has 1 saturated heterocycles. The highest BCUT2D eigenvalue weighted by atomic mass is 19.4. The molecular formula is C20H20F5NO3. The average Bonchev–Trinajstić information content (AvgIpc) is 2.89. The molecule has 1 aromatic carbocycles. The number of hydrogen-bond acceptors (Lipinski definition) is 3. The van der Waals surface area contributed by atoms with E-state index in [9.17, 15) is 26.7 Å². The zero-order valence-corrected chi connectivity index (χ0v) is 16.2. The van der Waals surface area contributed by atoms with Gasteiger partial charge in [0.2, 0.25) is 5.82 Å². The second kappa shape index (κ2) is 7.12. The lowest BCUT2D eigenvalue weighted by atomic mass is 9.76. The predicted octanol–water partition coefficient (Wildman–Crippen LogP) is 4.78. The van der Waals surface area contributed by atoms with Crippen LogP contribution in [0.2, 0.25) is 0 Å². The van der Waals surface area contributed by atoms with E-state index < -0.39 is 52.5 Å². The van der Waals surface area contributed by atoms with Crippen LogP contribution in [0.5, 0.6) is 5.75 Å². The van der Waals surface area contributed by atoms with Crippen molar-refractivity contribution in [1.82, 2.24) is 4.98 Å². The second-order valence-corrected chi connectivity index (χ2v) is 7.40. The van der Waals surface area contributed by atoms with Gasteiger partial charge in [-0.3, -0.25) is 4.79 Å². The smallest absolute Gasteiger partial charge is 0.417 e. The first-order valence-corrected chi connectivity index (χ1v) is 8.88. The van der Waals surface area contributed by atoms with E-state index in [2.05, 4.69) is 4.98 Å². The molecule has 2 aromatic rings. The van der Waals surface area contributed by atoms with E-state index in [1.54, 1.807) is 6.92 Å². The average molecular weight is 417 g/mol. The van der Waals surface area contributed by atoms with Crippen molar-refractivity contribution >= 4 is 0 Å². The number of pyridine rings is 1. The molecule has 1 aromatic heterocycles. The van der Waals surface area contributed by atoms with E-state index in [0.29, 0.717) is 5.69 Å². The monoisotopic (exact) mass is 417 g/mol. The minimum Gasteiger partial charge on any atom is -0.493 e. The molecule has 1 aliphatic heterocycles. The van der Waals surface area contributed by atoms with Crippen molar-refractivity contribution < 1.29 is 31.4 Å². The number of halogens is 5. The van der Waals surface area contributed by atoms with Gasteiger partial charge in [-0.1, -0.05) is 13.0 Å². The highest BCUT2D eigenvalue weighted by Gasteiger charge is 2.65. The van der Waals surface area contributed by atoms with Crippen molar-refractivity contribution in [2.75, 3.05) is 7.11 Å². The summed E-state index contributed by atoms with van der Waals surface area (Å²) in [4.78, 5) is 14.8. The molecule has 0 radical (unpaired) electrons. The van der Waals surface area contributed by atoms with E-state index >= 15 is 0 Å². The number of rotatable bonds is 3. The summed E-state index contributed by atoms with van der Waals surface area (Å²) < 4.78 is 80.1. The number of ether oxygens (including phenoxy) is 2. The van der Waals surface area contributed by atoms with Crippen molar-refractivity contribution in [2.45, 2.75) is 44.6 Å². The van der Waals surface area contributed by atoms with Crippen molar-refractivity contribution in [1.29, 1.82) is 0 Å². The Morgan fingerprint density at radius 1 is 1.21 bits per heavy atom. The van der Waals surface area contributed by atoms with E-state index in [0.717, 1.165) is 26.2 Å². The Kier molecular flexibility index (Phi) is 5.23. The number of nitrogens with one attached hydrogen (secondary N) is 1. The number of alkyl halides is 3. The first-order valence-electron chi connectivity index (χ1n) is 8.88. The Balaban J connectivity index is 2.25. The third-order valence-electron chi connectivity index (χ3n) is 5.62. The summed E-state index contributed by atoms with van der Waals surface area (Å²) in [5.74, 6) is -5.23. The molecule has 9 heteroatoms. The summed E-state index contributed by atoms with van der Waals surface area (Å²) in [6.45, 7) is 3.82. The fourth-order valence-corrected chi connectivity index (χ4v) is 3.94. The van der Waals surface area contributed by atoms with Gasteiger partial charge in [0.15, 0.2) is 22.6 Å². The maximum Gasteiger partial charge on any atom is 0.417 e. The van der Waals surface area contributed by atoms with Crippen molar-refractivity contribution in [3.8, 4) is 5.75 Å². The quantitative estimate of drug-likeness (QED) is 0.732. The molecule has 29 heavy (non-hydrogen) atoms. The molecule has 0 spiro atoms. The Labute approximate surface area is 163 Å². The number of hydrogen-bond donors (Lipinski definition) is 1. The summed E-state index contributed by atoms with van der Waals surface area (Å²) in [6, 6.07) is 4.45. The van der Waals surface area contributed by atoms with E-state index in [1.807, 2.05) is 0 Å². The van der Waals surface area contributed by atoms with Crippen LogP contribution in [0.3, 0.4) is 0 Å². The molecule has 0 bridgehead atoms. The number of H-pyrrole nitrogens is 1. The molecule has 0 saturated carbocycles. The maximum absolute atomic E-state index is 14.3. The van der Waals surface area contributed by atoms with Gasteiger partial charge in [-0.15, -0.1) is 0 Å². The highest BCUT2D eigenvalue weighted by Crippen LogP contribution is 2.59. The number of aromatic nitrogens is 1. The SMILES string of the molecule is COc1c([C@H]2C(c3cc(=O)cc(C)[nH]3)O[C@@](C)(C(F)(F)F)[C@H]2C)ccc(F)c1F. The molecule has 1 unspecified atom stereocenters. The lowest BCUT2D eigenvalue weighted by Gasteiger charge is -2.32. The van der Waals surface area contributed by atoms with Gasteiger partial charge in [0.25, 0.3) is 0 Å². The standard InChI is InChI=1S/C20H20F5NO3/c1-9-7-11(27)8-14(26-9)18-15(10(2)19(3,29-18)20(23,24)25)12-5-6-13(21)16(22)17(12)28-4/h5-8,10,15,18H,1-4H3,(H,26,27)/t10-,15-,18?,19+/m0/s1. The second-order valence-electron chi connectivity index (χ2n) is 7.40. The Hall–Kier alpha value is -2.42. The number of aromatic amines is 1. The molecule has 1 fully saturated rings. The van der Waals surface area contributed by atoms with Crippen LogP contribution in [-0.2, 0) is 4.74 Å². The van der Waals surface area contributed by atoms with E-state index in [4.69, 9.17) is 9.47 Å². The topological polar surface area (TPSA) is 51.3 Å². The van der Waals surface area contributed by atoms with Gasteiger partial charge in [-0.05, 0) is 19.9 Å². The van der Waals surface area contributed by atoms with Crippen LogP contribution in [0.1, 0.15) is 42.8 Å². The highest BCUT2D eigenvalue weighted by molar-refractivity contribution is 5.42. The number of aryl methyl sites for hydroxylation is 1. The van der Waals surface area contributed by atoms with Crippen LogP contribution < -0.4 is 10.2 Å². The summed E-state index contributed by atoms with van der Waals surface area (Å²) >= 11 is 0. The molecular weight excluding hydrogens is 397 g/mol. The first kappa shape index (κ1) is 21.3. The van der Waals surface area contributed by atoms with Crippen LogP contribution >= 0.6 is 0 Å². The Bertz CT molecular complexity index is 987. The lowest BCUT2D eigenvalue weighted by molar-refractivity contribution is -0.275. The summed E-state index contributed by atoms with van der Waals surface area (Å²) in [5.41, 5.74) is -2.42. The zero-order valence-electron chi connectivity index (χ0n) is 16.2. The van der Waals surface area contributed by atoms with Crippen molar-refractivity contribution in [3.63, 3.8) is 0 Å². The minimum atomic E-state index is -4.74. The van der Waals surface area contributed by atoms with Gasteiger partial charge >= 0.3 is 6.18 Å². The molecule has 3 rings (SSSR count). The molecule has 2 heterocycles. The van der Waals surface area contributed by atoms with Gasteiger partial charge in [-0.2, -0.15) is 17.6 Å². The minimum absolute atomic E-state index is 0.0271. The molecule has 0 amide bonds. The fourth-order valence-electron chi connectivity index (χ4n) is 3.94. The van der Waals surface area contributed by atoms with Crippen LogP contribution in [0.4, 0.5) is 22.0 Å². The van der Waals surface area contributed by atoms with Gasteiger partial charge in [0.1, 0.15) is 6.10 Å². The summed E-state index contributed by atoms with van der Waals surface area (Å²) in [7, 11) is 1.11. The molecule has 158 valence electrons. The summed E-state index contributed by atoms with van der Waals surface area (Å²) in [6.07, 6.45) is -6.00. The fraction of sp³-hybridized carbons (Fsp3) is 0.450. The van der Waals surface area contributed by atoms with Crippen molar-refractivity contribution in [3.05, 3.63) is 63.1 Å². The third kappa shape index (κ3) is 3.41. The normalized spacial score (nSPS) is 27.3. The molecule has 1 aliphatic rings. The number of benzene rings is 1. The van der Waals surface area contributed by atoms with Crippen LogP contribution in [0, 0.1) is 24.5 Å². The lowest BCUT2D eigenvalue weighted by Crippen LogP contribution is -2.46. The van der Waals surface area contributed by atoms with Gasteiger partial charge in [0, 0.05) is 40.9 Å². The van der Waals surface area contributed by atoms with E-state index in [-0.39, 0.29) is 11.3 Å². The molecule has 1 N–H and O–H groups in total. The van der Waals surface area contributed by atoms with Crippen molar-refractivity contribution in [2.24, 2.45) is 5.92 Å². The zero-order chi connectivity index (χ0) is 21.7. The molecule has 4 nitrogen and oxygen atoms in total. The van der Waals surface area contributed by atoms with Gasteiger partial charge in [-0.25, -0.2) is 4.39 Å². The summed E-state index contributed by atoms with van der Waals surface area (Å²) in [5, 5.41) is 0. The van der Waals surface area contributed by atoms with Crippen LogP contribution in [0.25, 0.3) is 0 Å². The first-order chi connectivity index (χ1) is 13.4.